The van der Waals surface area contributed by atoms with Crippen molar-refractivity contribution < 1.29 is 13.3 Å². The van der Waals surface area contributed by atoms with Crippen molar-refractivity contribution in [2.24, 2.45) is 0 Å². The highest BCUT2D eigenvalue weighted by atomic mass is 16.3. The van der Waals surface area contributed by atoms with Gasteiger partial charge in [0.25, 0.3) is 0 Å². The number of fused-ring (bicyclic) bond motifs is 18. The van der Waals surface area contributed by atoms with Crippen molar-refractivity contribution in [2.75, 3.05) is 0 Å². The molecule has 3 aliphatic carbocycles. The molecule has 0 saturated heterocycles. The van der Waals surface area contributed by atoms with Gasteiger partial charge in [-0.15, -0.1) is 0 Å². The van der Waals surface area contributed by atoms with E-state index >= 15 is 0 Å². The number of hydrogen-bond donors (Lipinski definition) is 0. The fourth-order valence-corrected chi connectivity index (χ4v) is 22.6. The summed E-state index contributed by atoms with van der Waals surface area (Å²) in [5, 5.41) is 6.82. The van der Waals surface area contributed by atoms with Gasteiger partial charge >= 0.3 is 0 Å². The van der Waals surface area contributed by atoms with E-state index in [-0.39, 0.29) is 0 Å². The van der Waals surface area contributed by atoms with Crippen molar-refractivity contribution in [3.05, 3.63) is 576 Å². The molecular formula is C129H84O3. The largest absolute Gasteiger partial charge is 0.455 e. The molecule has 3 heteroatoms. The van der Waals surface area contributed by atoms with Crippen molar-refractivity contribution in [3.63, 3.8) is 0 Å². The summed E-state index contributed by atoms with van der Waals surface area (Å²) in [5.41, 5.74) is 41.0. The Kier molecular flexibility index (Phi) is 18.6. The third-order valence-corrected chi connectivity index (χ3v) is 28.2. The molecule has 618 valence electrons. The predicted octanol–water partition coefficient (Wildman–Crippen LogP) is 33.8. The van der Waals surface area contributed by atoms with Crippen molar-refractivity contribution >= 4 is 65.8 Å². The van der Waals surface area contributed by atoms with E-state index in [0.717, 1.165) is 127 Å². The number of hydrogen-bond acceptors (Lipinski definition) is 3. The summed E-state index contributed by atoms with van der Waals surface area (Å²) in [6.45, 7) is 0. The van der Waals surface area contributed by atoms with E-state index in [4.69, 9.17) is 13.3 Å². The van der Waals surface area contributed by atoms with Gasteiger partial charge in [-0.1, -0.05) is 504 Å². The van der Waals surface area contributed by atoms with Gasteiger partial charge < -0.3 is 13.3 Å². The Morgan fingerprint density at radius 1 is 0.114 bits per heavy atom. The summed E-state index contributed by atoms with van der Waals surface area (Å²) in [6.07, 6.45) is 0. The smallest absolute Gasteiger partial charge is 0.143 e. The minimum absolute atomic E-state index is 0.400. The first-order valence-electron chi connectivity index (χ1n) is 45.6. The van der Waals surface area contributed by atoms with Gasteiger partial charge in [-0.25, -0.2) is 0 Å². The van der Waals surface area contributed by atoms with Crippen LogP contribution in [-0.4, -0.2) is 0 Å². The van der Waals surface area contributed by atoms with Gasteiger partial charge in [0.1, 0.15) is 33.5 Å². The molecule has 0 atom stereocenters. The van der Waals surface area contributed by atoms with E-state index < -0.39 is 16.2 Å². The fourth-order valence-electron chi connectivity index (χ4n) is 22.6. The number of furan rings is 3. The van der Waals surface area contributed by atoms with Crippen LogP contribution < -0.4 is 0 Å². The predicted molar refractivity (Wildman–Crippen MR) is 546 cm³/mol. The van der Waals surface area contributed by atoms with Crippen LogP contribution in [0.4, 0.5) is 0 Å². The first-order valence-corrected chi connectivity index (χ1v) is 45.6. The summed E-state index contributed by atoms with van der Waals surface area (Å²) >= 11 is 0. The second kappa shape index (κ2) is 31.8. The average Bonchev–Trinajstić information content (AvgIpc) is 1.53. The van der Waals surface area contributed by atoms with Crippen LogP contribution in [0.15, 0.2) is 523 Å². The molecule has 0 amide bonds. The lowest BCUT2D eigenvalue weighted by Gasteiger charge is -2.35. The Hall–Kier alpha value is -17.0. The molecule has 0 unspecified atom stereocenters. The maximum atomic E-state index is 6.92. The van der Waals surface area contributed by atoms with Crippen molar-refractivity contribution in [2.45, 2.75) is 16.2 Å². The molecule has 0 bridgehead atoms. The van der Waals surface area contributed by atoms with E-state index in [9.17, 15) is 0 Å². The van der Waals surface area contributed by atoms with Crippen molar-refractivity contribution in [1.29, 1.82) is 0 Å². The van der Waals surface area contributed by atoms with Gasteiger partial charge in [0, 0.05) is 65.7 Å². The topological polar surface area (TPSA) is 39.4 Å². The van der Waals surface area contributed by atoms with E-state index in [2.05, 4.69) is 510 Å². The van der Waals surface area contributed by atoms with Gasteiger partial charge in [-0.05, 0) is 140 Å². The van der Waals surface area contributed by atoms with E-state index in [1.807, 2.05) is 0 Å². The zero-order chi connectivity index (χ0) is 87.3. The lowest BCUT2D eigenvalue weighted by atomic mass is 9.66. The molecule has 132 heavy (non-hydrogen) atoms. The Bertz CT molecular complexity index is 8420. The van der Waals surface area contributed by atoms with Gasteiger partial charge in [0.05, 0.1) is 16.2 Å². The summed E-state index contributed by atoms with van der Waals surface area (Å²) in [6, 6.07) is 184. The molecule has 0 N–H and O–H groups in total. The van der Waals surface area contributed by atoms with Gasteiger partial charge in [0.15, 0.2) is 0 Å². The third kappa shape index (κ3) is 12.0. The van der Waals surface area contributed by atoms with Crippen LogP contribution in [-0.2, 0) is 16.2 Å². The fraction of sp³-hybridized carbons (Fsp3) is 0.0233. The average molecular weight is 1680 g/mol. The first-order chi connectivity index (χ1) is 65.5. The van der Waals surface area contributed by atoms with E-state index in [1.54, 1.807) is 0 Å². The SMILES string of the molecule is c1ccc(-c2cccc3c2oc2c(-c4ccc(C5(c6ccccc6)c6ccccc6-c6ccccc65)cc4)cccc23)cc1.c1ccc(-c2cccc3c2oc2c(-c4cccc(C5(c6ccccc6)c6ccccc6-c6ccccc65)c4)cccc23)cc1.c1ccc(-c2cccc3c2oc2c(-c4ccccc4C4(c5ccccc5)c5ccccc5-c5ccccc54)cccc23)cc1. The highest BCUT2D eigenvalue weighted by Gasteiger charge is 2.50. The van der Waals surface area contributed by atoms with Crippen LogP contribution in [0.25, 0.3) is 166 Å². The Morgan fingerprint density at radius 3 is 0.598 bits per heavy atom. The summed E-state index contributed by atoms with van der Waals surface area (Å²) in [5.74, 6) is 0. The quantitative estimate of drug-likeness (QED) is 0.122. The van der Waals surface area contributed by atoms with Crippen LogP contribution in [0.2, 0.25) is 0 Å². The second-order valence-electron chi connectivity index (χ2n) is 34.8. The molecule has 3 nitrogen and oxygen atoms in total. The minimum atomic E-state index is -0.492. The molecule has 0 aliphatic heterocycles. The van der Waals surface area contributed by atoms with Crippen LogP contribution in [0.5, 0.6) is 0 Å². The minimum Gasteiger partial charge on any atom is -0.455 e. The molecule has 3 aliphatic rings. The molecule has 3 heterocycles. The van der Waals surface area contributed by atoms with Crippen LogP contribution in [0.3, 0.4) is 0 Å². The van der Waals surface area contributed by atoms with Crippen LogP contribution >= 0.6 is 0 Å². The summed E-state index contributed by atoms with van der Waals surface area (Å²) in [7, 11) is 0. The lowest BCUT2D eigenvalue weighted by molar-refractivity contribution is 0.670. The monoisotopic (exact) mass is 1680 g/mol. The molecule has 21 aromatic carbocycles. The molecule has 24 aromatic rings. The summed E-state index contributed by atoms with van der Waals surface area (Å²) < 4.78 is 20.5. The lowest BCUT2D eigenvalue weighted by Crippen LogP contribution is -2.29. The van der Waals surface area contributed by atoms with Crippen LogP contribution in [0.1, 0.15) is 66.8 Å². The van der Waals surface area contributed by atoms with Gasteiger partial charge in [0.2, 0.25) is 0 Å². The van der Waals surface area contributed by atoms with Crippen molar-refractivity contribution in [3.8, 4) is 100 Å². The standard InChI is InChI=1S/3C43H28O/c1-3-15-29(16-4-1)31-22-13-24-36-37-25-14-23-35(42(37)44-41(31)36)34-21-9-12-28-40(34)43(30-17-5-2-6-18-30)38-26-10-7-19-32(38)33-20-8-11-27-39(33)43;1-3-14-29(15-4-1)33-22-12-24-37-38-25-13-23-34(42(38)44-41(33)37)30-16-11-19-32(28-30)43(31-17-5-2-6-18-31)39-26-9-7-20-35(39)36-21-8-10-27-40(36)43;1-3-13-29(14-4-1)33-19-11-21-37-38-22-12-20-34(42(38)44-41(33)37)30-25-27-32(28-26-30)43(31-15-5-2-6-16-31)39-23-9-7-17-35(39)36-18-8-10-24-40(36)43/h3*1-28H. The van der Waals surface area contributed by atoms with Crippen LogP contribution in [0, 0.1) is 0 Å². The van der Waals surface area contributed by atoms with E-state index in [0.29, 0.717) is 0 Å². The molecule has 0 fully saturated rings. The Morgan fingerprint density at radius 2 is 0.295 bits per heavy atom. The third-order valence-electron chi connectivity index (χ3n) is 28.2. The number of benzene rings is 21. The van der Waals surface area contributed by atoms with Gasteiger partial charge in [-0.2, -0.15) is 0 Å². The van der Waals surface area contributed by atoms with Gasteiger partial charge in [-0.3, -0.25) is 0 Å². The van der Waals surface area contributed by atoms with Crippen molar-refractivity contribution in [1.82, 2.24) is 0 Å². The maximum Gasteiger partial charge on any atom is 0.143 e. The highest BCUT2D eigenvalue weighted by molar-refractivity contribution is 6.16. The maximum absolute atomic E-state index is 6.92. The second-order valence-corrected chi connectivity index (χ2v) is 34.8. The molecule has 0 spiro atoms. The molecule has 3 aromatic heterocycles. The highest BCUT2D eigenvalue weighted by Crippen LogP contribution is 2.61. The number of para-hydroxylation sites is 6. The molecular weight excluding hydrogens is 1600 g/mol. The zero-order valence-electron chi connectivity index (χ0n) is 72.2. The molecule has 27 rings (SSSR count). The molecule has 0 radical (unpaired) electrons. The number of rotatable bonds is 12. The Balaban J connectivity index is 0.000000106. The normalized spacial score (nSPS) is 13.2. The van der Waals surface area contributed by atoms with E-state index in [1.165, 1.54) is 106 Å². The zero-order valence-corrected chi connectivity index (χ0v) is 72.2. The summed E-state index contributed by atoms with van der Waals surface area (Å²) in [4.78, 5) is 0. The molecule has 0 saturated carbocycles. The first kappa shape index (κ1) is 77.4. The Labute approximate surface area is 766 Å².